The molecule has 5 aromatic rings. The Bertz CT molecular complexity index is 2470. The second-order valence-electron chi connectivity index (χ2n) is 15.0. The van der Waals surface area contributed by atoms with Gasteiger partial charge in [0.1, 0.15) is 11.5 Å². The van der Waals surface area contributed by atoms with E-state index >= 15 is 4.79 Å². The number of fused-ring (bicyclic) bond motifs is 5. The second-order valence-corrected chi connectivity index (χ2v) is 16.5. The van der Waals surface area contributed by atoms with Crippen molar-refractivity contribution in [2.45, 2.75) is 39.2 Å². The monoisotopic (exact) mass is 760 g/mol. The molecule has 1 N–H and O–H groups in total. The molecule has 2 aromatic heterocycles. The van der Waals surface area contributed by atoms with Gasteiger partial charge in [0.05, 0.1) is 41.7 Å². The summed E-state index contributed by atoms with van der Waals surface area (Å²) in [5.41, 5.74) is 2.68. The molecule has 0 spiro atoms. The highest BCUT2D eigenvalue weighted by molar-refractivity contribution is 7.22. The summed E-state index contributed by atoms with van der Waals surface area (Å²) in [7, 11) is 3.18. The largest absolute Gasteiger partial charge is 0.504 e. The van der Waals surface area contributed by atoms with Gasteiger partial charge in [-0.15, -0.1) is 11.3 Å². The Morgan fingerprint density at radius 3 is 2.50 bits per heavy atom. The molecule has 6 unspecified atom stereocenters. The lowest BCUT2D eigenvalue weighted by molar-refractivity contribution is -0.141. The van der Waals surface area contributed by atoms with Crippen molar-refractivity contribution in [3.05, 3.63) is 106 Å². The SMILES string of the molecule is COc1ccc(C2C3=CCC4C(=O)N(Cc5ccccc5)C(=O)C4C3CC3C(=O)N(c4cc(-c5sc6ccc(Cl)cc6c5C)nn4C)C(=O)C32C)cc1O. The number of aromatic hydroxyl groups is 1. The van der Waals surface area contributed by atoms with Crippen LogP contribution in [0.5, 0.6) is 11.5 Å². The number of benzene rings is 3. The van der Waals surface area contributed by atoms with Gasteiger partial charge in [-0.2, -0.15) is 5.10 Å². The number of anilines is 1. The van der Waals surface area contributed by atoms with Crippen molar-refractivity contribution in [2.75, 3.05) is 12.0 Å². The first-order valence-electron chi connectivity index (χ1n) is 18.0. The number of hydrogen-bond acceptors (Lipinski definition) is 8. The number of rotatable bonds is 6. The third-order valence-electron chi connectivity index (χ3n) is 12.3. The highest BCUT2D eigenvalue weighted by Crippen LogP contribution is 2.64. The number of phenolic OH excluding ortho intramolecular Hbond substituents is 1. The number of allylic oxidation sites excluding steroid dienone is 2. The van der Waals surface area contributed by atoms with Gasteiger partial charge in [-0.25, -0.2) is 4.90 Å². The third-order valence-corrected chi connectivity index (χ3v) is 13.8. The zero-order chi connectivity index (χ0) is 37.8. The number of ether oxygens (including phenoxy) is 1. The van der Waals surface area contributed by atoms with E-state index in [-0.39, 0.29) is 48.1 Å². The highest BCUT2D eigenvalue weighted by Gasteiger charge is 2.68. The van der Waals surface area contributed by atoms with Crippen molar-refractivity contribution in [1.82, 2.24) is 14.7 Å². The van der Waals surface area contributed by atoms with Crippen LogP contribution in [0.4, 0.5) is 5.82 Å². The number of aromatic nitrogens is 2. The molecule has 274 valence electrons. The summed E-state index contributed by atoms with van der Waals surface area (Å²) in [6.07, 6.45) is 2.57. The molecule has 0 radical (unpaired) electrons. The summed E-state index contributed by atoms with van der Waals surface area (Å²) in [6, 6.07) is 22.0. The van der Waals surface area contributed by atoms with Crippen LogP contribution in [0.15, 0.2) is 84.4 Å². The molecule has 4 amide bonds. The smallest absolute Gasteiger partial charge is 0.242 e. The molecule has 1 saturated carbocycles. The van der Waals surface area contributed by atoms with E-state index in [1.165, 1.54) is 16.9 Å². The lowest BCUT2D eigenvalue weighted by atomic mass is 9.51. The molecular formula is C42H37ClN4O6S. The molecule has 2 aliphatic heterocycles. The van der Waals surface area contributed by atoms with Gasteiger partial charge in [0, 0.05) is 28.8 Å². The lowest BCUT2D eigenvalue weighted by Crippen LogP contribution is -2.48. The molecule has 12 heteroatoms. The number of hydrogen-bond donors (Lipinski definition) is 1. The van der Waals surface area contributed by atoms with E-state index in [0.29, 0.717) is 28.5 Å². The molecule has 9 rings (SSSR count). The van der Waals surface area contributed by atoms with Crippen molar-refractivity contribution in [2.24, 2.45) is 36.1 Å². The van der Waals surface area contributed by atoms with E-state index in [9.17, 15) is 19.5 Å². The molecule has 10 nitrogen and oxygen atoms in total. The molecule has 54 heavy (non-hydrogen) atoms. The summed E-state index contributed by atoms with van der Waals surface area (Å²) < 4.78 is 7.97. The minimum Gasteiger partial charge on any atom is -0.504 e. The summed E-state index contributed by atoms with van der Waals surface area (Å²) in [6.45, 7) is 4.01. The van der Waals surface area contributed by atoms with Crippen LogP contribution in [-0.4, -0.2) is 50.5 Å². The van der Waals surface area contributed by atoms with E-state index in [1.54, 1.807) is 41.3 Å². The zero-order valence-electron chi connectivity index (χ0n) is 30.1. The predicted octanol–water partition coefficient (Wildman–Crippen LogP) is 7.41. The number of carbonyl (C=O) groups excluding carboxylic acids is 4. The molecule has 4 heterocycles. The standard InChI is InChI=1S/C42H37ClN4O6S/c1-21-27-17-24(43)11-15-33(27)54-37(21)30-19-34(45(3)44-30)47-39(50)29-18-28-25(36(42(29,2)41(47)52)23-10-14-32(53-4)31(48)16-23)12-13-26-35(28)40(51)46(38(26)49)20-22-8-6-5-7-9-22/h5-12,14-17,19,26,28-29,35-36,48H,13,18,20H2,1-4H3. The van der Waals surface area contributed by atoms with Crippen LogP contribution in [0.3, 0.4) is 0 Å². The fourth-order valence-corrected chi connectivity index (χ4v) is 11.0. The maximum Gasteiger partial charge on any atom is 0.242 e. The number of halogens is 1. The Morgan fingerprint density at radius 2 is 1.76 bits per heavy atom. The average Bonchev–Trinajstić information content (AvgIpc) is 3.82. The van der Waals surface area contributed by atoms with E-state index in [2.05, 4.69) is 0 Å². The number of nitrogens with zero attached hydrogens (tertiary/aromatic N) is 4. The van der Waals surface area contributed by atoms with Crippen molar-refractivity contribution in [3.8, 4) is 22.1 Å². The number of thiophene rings is 1. The molecule has 2 aliphatic carbocycles. The highest BCUT2D eigenvalue weighted by atomic mass is 35.5. The molecule has 3 aromatic carbocycles. The number of likely N-dealkylation sites (tertiary alicyclic amines) is 1. The minimum absolute atomic E-state index is 0.0994. The van der Waals surface area contributed by atoms with E-state index < -0.39 is 35.0 Å². The van der Waals surface area contributed by atoms with Gasteiger partial charge < -0.3 is 9.84 Å². The molecule has 2 saturated heterocycles. The average molecular weight is 761 g/mol. The van der Waals surface area contributed by atoms with Gasteiger partial charge in [0.15, 0.2) is 11.5 Å². The van der Waals surface area contributed by atoms with Gasteiger partial charge in [0.2, 0.25) is 23.6 Å². The van der Waals surface area contributed by atoms with Gasteiger partial charge in [-0.3, -0.25) is 28.8 Å². The van der Waals surface area contributed by atoms with Crippen LogP contribution in [0.2, 0.25) is 5.02 Å². The number of phenols is 1. The van der Waals surface area contributed by atoms with Crippen LogP contribution in [0.1, 0.15) is 42.4 Å². The predicted molar refractivity (Wildman–Crippen MR) is 205 cm³/mol. The Labute approximate surface area is 320 Å². The number of carbonyl (C=O) groups is 4. The lowest BCUT2D eigenvalue weighted by Gasteiger charge is -2.49. The number of amides is 4. The van der Waals surface area contributed by atoms with Crippen molar-refractivity contribution in [1.29, 1.82) is 0 Å². The topological polar surface area (TPSA) is 122 Å². The van der Waals surface area contributed by atoms with E-state index in [4.69, 9.17) is 21.4 Å². The molecular weight excluding hydrogens is 724 g/mol. The van der Waals surface area contributed by atoms with Gasteiger partial charge in [-0.1, -0.05) is 59.6 Å². The molecule has 3 fully saturated rings. The maximum atomic E-state index is 15.1. The van der Waals surface area contributed by atoms with Crippen LogP contribution < -0.4 is 9.64 Å². The molecule has 6 atom stereocenters. The Balaban J connectivity index is 1.14. The second kappa shape index (κ2) is 12.4. The van der Waals surface area contributed by atoms with Gasteiger partial charge in [-0.05, 0) is 85.0 Å². The normalized spacial score (nSPS) is 26.3. The zero-order valence-corrected chi connectivity index (χ0v) is 31.6. The quantitative estimate of drug-likeness (QED) is 0.141. The van der Waals surface area contributed by atoms with Gasteiger partial charge in [0.25, 0.3) is 0 Å². The van der Waals surface area contributed by atoms with Gasteiger partial charge >= 0.3 is 0 Å². The van der Waals surface area contributed by atoms with Crippen LogP contribution >= 0.6 is 22.9 Å². The number of imide groups is 2. The Hall–Kier alpha value is -5.26. The van der Waals surface area contributed by atoms with Crippen molar-refractivity contribution < 1.29 is 29.0 Å². The number of aryl methyl sites for hydroxylation is 2. The van der Waals surface area contributed by atoms with Crippen molar-refractivity contribution in [3.63, 3.8) is 0 Å². The van der Waals surface area contributed by atoms with E-state index in [0.717, 1.165) is 31.7 Å². The van der Waals surface area contributed by atoms with Crippen LogP contribution in [0.25, 0.3) is 20.7 Å². The number of methoxy groups -OCH3 is 1. The minimum atomic E-state index is -1.28. The first kappa shape index (κ1) is 34.5. The molecule has 4 aliphatic rings. The first-order valence-corrected chi connectivity index (χ1v) is 19.2. The summed E-state index contributed by atoms with van der Waals surface area (Å²) in [5.74, 6) is -3.91. The summed E-state index contributed by atoms with van der Waals surface area (Å²) in [4.78, 5) is 61.7. The van der Waals surface area contributed by atoms with Crippen LogP contribution in [0, 0.1) is 36.0 Å². The third kappa shape index (κ3) is 4.87. The van der Waals surface area contributed by atoms with Crippen LogP contribution in [-0.2, 0) is 32.8 Å². The Kier molecular flexibility index (Phi) is 7.92. The fraction of sp³-hybridized carbons (Fsp3) is 0.310. The fourth-order valence-electron chi connectivity index (χ4n) is 9.70. The first-order chi connectivity index (χ1) is 25.9. The van der Waals surface area contributed by atoms with E-state index in [1.807, 2.05) is 74.5 Å². The Morgan fingerprint density at radius 1 is 0.981 bits per heavy atom. The summed E-state index contributed by atoms with van der Waals surface area (Å²) >= 11 is 7.89. The maximum absolute atomic E-state index is 15.1. The van der Waals surface area contributed by atoms with Crippen molar-refractivity contribution >= 4 is 62.5 Å². The summed E-state index contributed by atoms with van der Waals surface area (Å²) in [5, 5.41) is 17.5. The molecule has 0 bridgehead atoms.